The fourth-order valence-corrected chi connectivity index (χ4v) is 3.46. The van der Waals surface area contributed by atoms with Crippen LogP contribution in [-0.4, -0.2) is 26.4 Å². The number of amides is 1. The second-order valence-corrected chi connectivity index (χ2v) is 7.60. The van der Waals surface area contributed by atoms with Crippen LogP contribution in [0.15, 0.2) is 72.4 Å². The third kappa shape index (κ3) is 4.73. The molecule has 0 aliphatic heterocycles. The fourth-order valence-electron chi connectivity index (χ4n) is 2.35. The molecule has 0 bridgehead atoms. The number of benzene rings is 2. The van der Waals surface area contributed by atoms with E-state index in [0.29, 0.717) is 11.7 Å². The number of nitrogens with zero attached hydrogens (tertiary/aromatic N) is 3. The minimum absolute atomic E-state index is 0.0781. The van der Waals surface area contributed by atoms with Crippen molar-refractivity contribution in [1.82, 2.24) is 14.8 Å². The minimum atomic E-state index is -0.0781. The molecule has 0 saturated carbocycles. The second kappa shape index (κ2) is 9.00. The number of anilines is 1. The van der Waals surface area contributed by atoms with Crippen molar-refractivity contribution in [1.29, 1.82) is 0 Å². The Hall–Kier alpha value is -2.13. The van der Waals surface area contributed by atoms with E-state index < -0.39 is 0 Å². The lowest BCUT2D eigenvalue weighted by Gasteiger charge is -2.08. The Balaban J connectivity index is 1.69. The van der Waals surface area contributed by atoms with Gasteiger partial charge in [0.1, 0.15) is 0 Å². The van der Waals surface area contributed by atoms with E-state index >= 15 is 0 Å². The van der Waals surface area contributed by atoms with Gasteiger partial charge in [-0.3, -0.25) is 9.36 Å². The van der Waals surface area contributed by atoms with Crippen molar-refractivity contribution < 1.29 is 4.79 Å². The normalized spacial score (nSPS) is 10.5. The van der Waals surface area contributed by atoms with Crippen LogP contribution in [-0.2, 0) is 11.3 Å². The Morgan fingerprint density at radius 1 is 1.15 bits per heavy atom. The van der Waals surface area contributed by atoms with Crippen molar-refractivity contribution in [3.63, 3.8) is 0 Å². The highest BCUT2D eigenvalue weighted by Gasteiger charge is 2.14. The average Bonchev–Trinajstić information content (AvgIpc) is 3.06. The van der Waals surface area contributed by atoms with E-state index in [1.165, 1.54) is 11.8 Å². The van der Waals surface area contributed by atoms with Crippen LogP contribution >= 0.6 is 34.4 Å². The summed E-state index contributed by atoms with van der Waals surface area (Å²) in [7, 11) is 0. The lowest BCUT2D eigenvalue weighted by atomic mass is 10.2. The van der Waals surface area contributed by atoms with Crippen molar-refractivity contribution in [2.75, 3.05) is 11.1 Å². The van der Waals surface area contributed by atoms with Crippen molar-refractivity contribution >= 4 is 45.9 Å². The number of carbonyl (C=O) groups is 1. The summed E-state index contributed by atoms with van der Waals surface area (Å²) in [5, 5.41) is 12.1. The lowest BCUT2D eigenvalue weighted by Crippen LogP contribution is -2.14. The van der Waals surface area contributed by atoms with E-state index in [4.69, 9.17) is 0 Å². The van der Waals surface area contributed by atoms with E-state index in [2.05, 4.69) is 44.7 Å². The maximum absolute atomic E-state index is 12.2. The largest absolute Gasteiger partial charge is 0.325 e. The molecule has 7 heteroatoms. The molecule has 3 aromatic rings. The van der Waals surface area contributed by atoms with Crippen LogP contribution in [0.25, 0.3) is 11.4 Å². The topological polar surface area (TPSA) is 59.8 Å². The van der Waals surface area contributed by atoms with Crippen LogP contribution in [0.2, 0.25) is 0 Å². The first-order chi connectivity index (χ1) is 12.7. The summed E-state index contributed by atoms with van der Waals surface area (Å²) >= 11 is 3.59. The summed E-state index contributed by atoms with van der Waals surface area (Å²) in [6, 6.07) is 17.5. The number of rotatable bonds is 7. The van der Waals surface area contributed by atoms with E-state index in [-0.39, 0.29) is 11.7 Å². The molecule has 1 amide bonds. The number of nitrogens with one attached hydrogen (secondary N) is 1. The van der Waals surface area contributed by atoms with Gasteiger partial charge in [0.15, 0.2) is 11.0 Å². The Bertz CT molecular complexity index is 894. The minimum Gasteiger partial charge on any atom is -0.325 e. The molecule has 0 aliphatic rings. The van der Waals surface area contributed by atoms with Gasteiger partial charge in [0.05, 0.1) is 5.75 Å². The first kappa shape index (κ1) is 18.7. The fraction of sp³-hybridized carbons (Fsp3) is 0.105. The number of allylic oxidation sites excluding steroid dienone is 1. The summed E-state index contributed by atoms with van der Waals surface area (Å²) in [5.74, 6) is 0.951. The molecule has 132 valence electrons. The molecule has 0 fully saturated rings. The molecular formula is C19H17IN4OS. The first-order valence-electron chi connectivity index (χ1n) is 7.95. The highest BCUT2D eigenvalue weighted by molar-refractivity contribution is 14.1. The van der Waals surface area contributed by atoms with Gasteiger partial charge in [0, 0.05) is 21.4 Å². The van der Waals surface area contributed by atoms with Gasteiger partial charge in [0.25, 0.3) is 0 Å². The van der Waals surface area contributed by atoms with E-state index in [9.17, 15) is 4.79 Å². The highest BCUT2D eigenvalue weighted by Crippen LogP contribution is 2.24. The lowest BCUT2D eigenvalue weighted by molar-refractivity contribution is -0.113. The van der Waals surface area contributed by atoms with Gasteiger partial charge in [-0.05, 0) is 46.9 Å². The quantitative estimate of drug-likeness (QED) is 0.311. The zero-order valence-electron chi connectivity index (χ0n) is 13.9. The number of aromatic nitrogens is 3. The van der Waals surface area contributed by atoms with Crippen LogP contribution in [0.3, 0.4) is 0 Å². The molecule has 1 aromatic heterocycles. The molecule has 5 nitrogen and oxygen atoms in total. The molecular weight excluding hydrogens is 459 g/mol. The SMILES string of the molecule is C=CCn1c(SCC(=O)Nc2ccc(I)cc2)nnc1-c1ccccc1. The molecule has 1 heterocycles. The van der Waals surface area contributed by atoms with Crippen LogP contribution in [0.4, 0.5) is 5.69 Å². The Morgan fingerprint density at radius 3 is 2.58 bits per heavy atom. The summed E-state index contributed by atoms with van der Waals surface area (Å²) in [5.41, 5.74) is 1.77. The molecule has 0 aliphatic carbocycles. The van der Waals surface area contributed by atoms with Crippen LogP contribution < -0.4 is 5.32 Å². The number of carbonyl (C=O) groups excluding carboxylic acids is 1. The van der Waals surface area contributed by atoms with Crippen molar-refractivity contribution in [3.05, 3.63) is 70.8 Å². The van der Waals surface area contributed by atoms with E-state index in [0.717, 1.165) is 20.6 Å². The Labute approximate surface area is 170 Å². The summed E-state index contributed by atoms with van der Waals surface area (Å²) in [4.78, 5) is 12.2. The zero-order chi connectivity index (χ0) is 18.4. The molecule has 0 saturated heterocycles. The summed E-state index contributed by atoms with van der Waals surface area (Å²) in [6.07, 6.45) is 1.80. The highest BCUT2D eigenvalue weighted by atomic mass is 127. The summed E-state index contributed by atoms with van der Waals surface area (Å²) < 4.78 is 3.09. The maximum atomic E-state index is 12.2. The predicted molar refractivity (Wildman–Crippen MR) is 114 cm³/mol. The monoisotopic (exact) mass is 476 g/mol. The molecule has 0 spiro atoms. The number of hydrogen-bond acceptors (Lipinski definition) is 4. The van der Waals surface area contributed by atoms with Gasteiger partial charge in [-0.1, -0.05) is 48.2 Å². The van der Waals surface area contributed by atoms with Crippen LogP contribution in [0.1, 0.15) is 0 Å². The third-order valence-electron chi connectivity index (χ3n) is 3.52. The summed E-state index contributed by atoms with van der Waals surface area (Å²) in [6.45, 7) is 4.39. The Kier molecular flexibility index (Phi) is 6.45. The van der Waals surface area contributed by atoms with Crippen molar-refractivity contribution in [2.24, 2.45) is 0 Å². The Morgan fingerprint density at radius 2 is 1.88 bits per heavy atom. The van der Waals surface area contributed by atoms with Crippen LogP contribution in [0, 0.1) is 3.57 Å². The standard InChI is InChI=1S/C19H17IN4OS/c1-2-12-24-18(14-6-4-3-5-7-14)22-23-19(24)26-13-17(25)21-16-10-8-15(20)9-11-16/h2-11H,1,12-13H2,(H,21,25). The molecule has 0 unspecified atom stereocenters. The first-order valence-corrected chi connectivity index (χ1v) is 10.0. The van der Waals surface area contributed by atoms with Gasteiger partial charge in [-0.2, -0.15) is 0 Å². The van der Waals surface area contributed by atoms with Gasteiger partial charge in [-0.15, -0.1) is 16.8 Å². The van der Waals surface area contributed by atoms with Crippen molar-refractivity contribution in [3.8, 4) is 11.4 Å². The molecule has 1 N–H and O–H groups in total. The smallest absolute Gasteiger partial charge is 0.234 e. The van der Waals surface area contributed by atoms with Gasteiger partial charge < -0.3 is 5.32 Å². The third-order valence-corrected chi connectivity index (χ3v) is 5.21. The number of hydrogen-bond donors (Lipinski definition) is 1. The van der Waals surface area contributed by atoms with E-state index in [1.807, 2.05) is 59.2 Å². The molecule has 0 atom stereocenters. The van der Waals surface area contributed by atoms with Crippen LogP contribution in [0.5, 0.6) is 0 Å². The number of halogens is 1. The predicted octanol–water partition coefficient (Wildman–Crippen LogP) is 4.47. The molecule has 2 aromatic carbocycles. The van der Waals surface area contributed by atoms with Gasteiger partial charge in [0.2, 0.25) is 5.91 Å². The second-order valence-electron chi connectivity index (χ2n) is 5.42. The van der Waals surface area contributed by atoms with Crippen molar-refractivity contribution in [2.45, 2.75) is 11.7 Å². The molecule has 3 rings (SSSR count). The molecule has 0 radical (unpaired) electrons. The molecule has 26 heavy (non-hydrogen) atoms. The van der Waals surface area contributed by atoms with E-state index in [1.54, 1.807) is 6.08 Å². The van der Waals surface area contributed by atoms with Gasteiger partial charge >= 0.3 is 0 Å². The zero-order valence-corrected chi connectivity index (χ0v) is 16.9. The van der Waals surface area contributed by atoms with Gasteiger partial charge in [-0.25, -0.2) is 0 Å². The number of thioether (sulfide) groups is 1. The average molecular weight is 476 g/mol. The maximum Gasteiger partial charge on any atom is 0.234 e.